The number of aryl methyl sites for hydroxylation is 2. The number of rotatable bonds is 3. The van der Waals surface area contributed by atoms with Gasteiger partial charge in [0.25, 0.3) is 0 Å². The van der Waals surface area contributed by atoms with Crippen LogP contribution in [0.4, 0.5) is 0 Å². The van der Waals surface area contributed by atoms with Crippen molar-refractivity contribution < 1.29 is 4.79 Å². The van der Waals surface area contributed by atoms with Gasteiger partial charge in [-0.1, -0.05) is 6.07 Å². The van der Waals surface area contributed by atoms with Crippen molar-refractivity contribution in [2.24, 2.45) is 0 Å². The molecule has 2 aromatic heterocycles. The summed E-state index contributed by atoms with van der Waals surface area (Å²) < 4.78 is 1.84. The van der Waals surface area contributed by atoms with Crippen LogP contribution in [0.2, 0.25) is 0 Å². The maximum Gasteiger partial charge on any atom is 0.200 e. The van der Waals surface area contributed by atoms with Crippen LogP contribution in [0.5, 0.6) is 0 Å². The molecule has 2 aromatic rings. The first kappa shape index (κ1) is 10.5. The SMILES string of the molecule is Cc1cn(CC(=O)c2ccccn2)c(C)n1. The third-order valence-corrected chi connectivity index (χ3v) is 2.36. The summed E-state index contributed by atoms with van der Waals surface area (Å²) in [7, 11) is 0. The predicted molar refractivity (Wildman–Crippen MR) is 60.3 cm³/mol. The first-order valence-corrected chi connectivity index (χ1v) is 5.11. The topological polar surface area (TPSA) is 47.8 Å². The molecular weight excluding hydrogens is 202 g/mol. The summed E-state index contributed by atoms with van der Waals surface area (Å²) in [5, 5.41) is 0. The molecule has 2 rings (SSSR count). The predicted octanol–water partition coefficient (Wildman–Crippen LogP) is 1.78. The van der Waals surface area contributed by atoms with Gasteiger partial charge in [-0.05, 0) is 26.0 Å². The fourth-order valence-electron chi connectivity index (χ4n) is 1.59. The molecule has 4 heteroatoms. The zero-order valence-corrected chi connectivity index (χ0v) is 9.34. The summed E-state index contributed by atoms with van der Waals surface area (Å²) in [5.74, 6) is 0.850. The lowest BCUT2D eigenvalue weighted by molar-refractivity contribution is 0.0966. The lowest BCUT2D eigenvalue weighted by Crippen LogP contribution is -2.12. The maximum atomic E-state index is 11.9. The number of nitrogens with zero attached hydrogens (tertiary/aromatic N) is 3. The maximum absolute atomic E-state index is 11.9. The Kier molecular flexibility index (Phi) is 2.81. The highest BCUT2D eigenvalue weighted by Crippen LogP contribution is 2.04. The lowest BCUT2D eigenvalue weighted by atomic mass is 10.2. The molecule has 0 aromatic carbocycles. The summed E-state index contributed by atoms with van der Waals surface area (Å²) in [6.45, 7) is 4.09. The van der Waals surface area contributed by atoms with E-state index in [9.17, 15) is 4.79 Å². The molecule has 0 amide bonds. The lowest BCUT2D eigenvalue weighted by Gasteiger charge is -2.03. The molecule has 0 radical (unpaired) electrons. The number of carbonyl (C=O) groups excluding carboxylic acids is 1. The number of ketones is 1. The first-order valence-electron chi connectivity index (χ1n) is 5.11. The number of imidazole rings is 1. The largest absolute Gasteiger partial charge is 0.327 e. The quantitative estimate of drug-likeness (QED) is 0.733. The third kappa shape index (κ3) is 2.16. The molecule has 0 atom stereocenters. The molecule has 0 aliphatic rings. The minimum absolute atomic E-state index is 0.00102. The monoisotopic (exact) mass is 215 g/mol. The van der Waals surface area contributed by atoms with Crippen molar-refractivity contribution >= 4 is 5.78 Å². The van der Waals surface area contributed by atoms with Crippen molar-refractivity contribution in [3.05, 3.63) is 47.8 Å². The number of carbonyl (C=O) groups is 1. The van der Waals surface area contributed by atoms with E-state index in [4.69, 9.17) is 0 Å². The Balaban J connectivity index is 2.17. The van der Waals surface area contributed by atoms with Crippen LogP contribution in [-0.2, 0) is 6.54 Å². The van der Waals surface area contributed by atoms with E-state index in [1.165, 1.54) is 0 Å². The van der Waals surface area contributed by atoms with Gasteiger partial charge in [0.05, 0.1) is 12.2 Å². The smallest absolute Gasteiger partial charge is 0.200 e. The molecule has 2 heterocycles. The Labute approximate surface area is 94.0 Å². The Bertz CT molecular complexity index is 502. The van der Waals surface area contributed by atoms with Crippen molar-refractivity contribution in [2.45, 2.75) is 20.4 Å². The van der Waals surface area contributed by atoms with Gasteiger partial charge < -0.3 is 4.57 Å². The molecule has 0 unspecified atom stereocenters. The molecule has 0 saturated carbocycles. The van der Waals surface area contributed by atoms with Gasteiger partial charge in [-0.15, -0.1) is 0 Å². The minimum atomic E-state index is 0.00102. The molecule has 0 bridgehead atoms. The third-order valence-electron chi connectivity index (χ3n) is 2.36. The van der Waals surface area contributed by atoms with Crippen LogP contribution in [0, 0.1) is 13.8 Å². The molecule has 0 saturated heterocycles. The summed E-state index contributed by atoms with van der Waals surface area (Å²) >= 11 is 0. The van der Waals surface area contributed by atoms with E-state index in [1.807, 2.05) is 30.7 Å². The molecule has 82 valence electrons. The zero-order chi connectivity index (χ0) is 11.5. The van der Waals surface area contributed by atoms with Crippen molar-refractivity contribution in [3.63, 3.8) is 0 Å². The zero-order valence-electron chi connectivity index (χ0n) is 9.34. The molecule has 4 nitrogen and oxygen atoms in total. The number of Topliss-reactive ketones (excluding diaryl/α,β-unsaturated/α-hetero) is 1. The Hall–Kier alpha value is -1.97. The number of hydrogen-bond acceptors (Lipinski definition) is 3. The van der Waals surface area contributed by atoms with E-state index in [0.29, 0.717) is 12.2 Å². The Morgan fingerprint density at radius 1 is 1.38 bits per heavy atom. The van der Waals surface area contributed by atoms with Crippen LogP contribution in [0.1, 0.15) is 22.0 Å². The van der Waals surface area contributed by atoms with Crippen LogP contribution in [0.15, 0.2) is 30.6 Å². The van der Waals surface area contributed by atoms with E-state index in [-0.39, 0.29) is 5.78 Å². The van der Waals surface area contributed by atoms with Crippen molar-refractivity contribution in [2.75, 3.05) is 0 Å². The molecule has 0 spiro atoms. The second-order valence-electron chi connectivity index (χ2n) is 3.70. The van der Waals surface area contributed by atoms with Gasteiger partial charge in [-0.2, -0.15) is 0 Å². The number of hydrogen-bond donors (Lipinski definition) is 0. The highest BCUT2D eigenvalue weighted by molar-refractivity contribution is 5.93. The minimum Gasteiger partial charge on any atom is -0.327 e. The molecule has 0 aliphatic heterocycles. The van der Waals surface area contributed by atoms with Gasteiger partial charge in [0, 0.05) is 12.4 Å². The van der Waals surface area contributed by atoms with Crippen LogP contribution in [0.25, 0.3) is 0 Å². The van der Waals surface area contributed by atoms with E-state index >= 15 is 0 Å². The average Bonchev–Trinajstić information content (AvgIpc) is 2.59. The van der Waals surface area contributed by atoms with Crippen molar-refractivity contribution in [1.29, 1.82) is 0 Å². The van der Waals surface area contributed by atoms with Crippen molar-refractivity contribution in [1.82, 2.24) is 14.5 Å². The van der Waals surface area contributed by atoms with E-state index in [0.717, 1.165) is 11.5 Å². The van der Waals surface area contributed by atoms with Crippen LogP contribution < -0.4 is 0 Å². The molecular formula is C12H13N3O. The summed E-state index contributed by atoms with van der Waals surface area (Å²) in [6, 6.07) is 5.33. The Morgan fingerprint density at radius 2 is 2.19 bits per heavy atom. The second kappa shape index (κ2) is 4.26. The second-order valence-corrected chi connectivity index (χ2v) is 3.70. The van der Waals surface area contributed by atoms with Gasteiger partial charge in [-0.3, -0.25) is 9.78 Å². The van der Waals surface area contributed by atoms with Crippen LogP contribution in [0.3, 0.4) is 0 Å². The highest BCUT2D eigenvalue weighted by atomic mass is 16.1. The first-order chi connectivity index (χ1) is 7.66. The standard InChI is InChI=1S/C12H13N3O/c1-9-7-15(10(2)14-9)8-12(16)11-5-3-4-6-13-11/h3-7H,8H2,1-2H3. The molecule has 0 aliphatic carbocycles. The normalized spacial score (nSPS) is 10.4. The van der Waals surface area contributed by atoms with Crippen LogP contribution >= 0.6 is 0 Å². The number of pyridine rings is 1. The van der Waals surface area contributed by atoms with Gasteiger partial charge >= 0.3 is 0 Å². The van der Waals surface area contributed by atoms with Gasteiger partial charge in [0.15, 0.2) is 0 Å². The molecule has 0 fully saturated rings. The van der Waals surface area contributed by atoms with Crippen LogP contribution in [-0.4, -0.2) is 20.3 Å². The van der Waals surface area contributed by atoms with E-state index < -0.39 is 0 Å². The summed E-state index contributed by atoms with van der Waals surface area (Å²) in [6.07, 6.45) is 3.50. The number of aromatic nitrogens is 3. The average molecular weight is 215 g/mol. The molecule has 16 heavy (non-hydrogen) atoms. The van der Waals surface area contributed by atoms with Gasteiger partial charge in [0.2, 0.25) is 5.78 Å². The summed E-state index contributed by atoms with van der Waals surface area (Å²) in [4.78, 5) is 20.1. The van der Waals surface area contributed by atoms with Gasteiger partial charge in [-0.25, -0.2) is 4.98 Å². The van der Waals surface area contributed by atoms with Crippen molar-refractivity contribution in [3.8, 4) is 0 Å². The van der Waals surface area contributed by atoms with E-state index in [2.05, 4.69) is 9.97 Å². The fraction of sp³-hybridized carbons (Fsp3) is 0.250. The summed E-state index contributed by atoms with van der Waals surface area (Å²) in [5.41, 5.74) is 1.42. The molecule has 0 N–H and O–H groups in total. The Morgan fingerprint density at radius 3 is 2.75 bits per heavy atom. The van der Waals surface area contributed by atoms with E-state index in [1.54, 1.807) is 18.3 Å². The highest BCUT2D eigenvalue weighted by Gasteiger charge is 2.09. The fourth-order valence-corrected chi connectivity index (χ4v) is 1.59. The van der Waals surface area contributed by atoms with Gasteiger partial charge in [0.1, 0.15) is 11.5 Å².